The number of fused-ring (bicyclic) bond motifs is 1. The first-order chi connectivity index (χ1) is 16.0. The molecule has 9 heteroatoms. The molecule has 0 radical (unpaired) electrons. The molecular formula is C25H36N2O5SSi. The maximum absolute atomic E-state index is 13.4. The van der Waals surface area contributed by atoms with Gasteiger partial charge in [0.15, 0.2) is 14.0 Å². The van der Waals surface area contributed by atoms with E-state index < -0.39 is 14.3 Å². The Balaban J connectivity index is 1.53. The Morgan fingerprint density at radius 1 is 1.21 bits per heavy atom. The number of hydrogen-bond acceptors (Lipinski definition) is 7. The fourth-order valence-electron chi connectivity index (χ4n) is 4.24. The minimum absolute atomic E-state index is 0.0557. The topological polar surface area (TPSA) is 68.3 Å². The lowest BCUT2D eigenvalue weighted by Gasteiger charge is -2.48. The van der Waals surface area contributed by atoms with Gasteiger partial charge >= 0.3 is 5.97 Å². The van der Waals surface area contributed by atoms with Gasteiger partial charge in [0, 0.05) is 13.1 Å². The van der Waals surface area contributed by atoms with Crippen LogP contribution in [0.2, 0.25) is 18.1 Å². The quantitative estimate of drug-likeness (QED) is 0.314. The van der Waals surface area contributed by atoms with Crippen LogP contribution in [0.5, 0.6) is 0 Å². The highest BCUT2D eigenvalue weighted by Gasteiger charge is 2.60. The zero-order valence-electron chi connectivity index (χ0n) is 21.0. The Hall–Kier alpha value is -1.81. The van der Waals surface area contributed by atoms with Crippen LogP contribution in [0.15, 0.2) is 41.1 Å². The molecule has 1 amide bonds. The van der Waals surface area contributed by atoms with Crippen molar-refractivity contribution in [2.24, 2.45) is 5.92 Å². The van der Waals surface area contributed by atoms with Crippen molar-refractivity contribution in [2.75, 3.05) is 26.3 Å². The van der Waals surface area contributed by atoms with E-state index in [1.54, 1.807) is 16.7 Å². The average Bonchev–Trinajstić information content (AvgIpc) is 3.13. The molecule has 0 spiro atoms. The van der Waals surface area contributed by atoms with Crippen molar-refractivity contribution in [1.82, 2.24) is 9.80 Å². The van der Waals surface area contributed by atoms with Crippen molar-refractivity contribution in [3.63, 3.8) is 0 Å². The highest BCUT2D eigenvalue weighted by molar-refractivity contribution is 8.04. The third-order valence-corrected chi connectivity index (χ3v) is 13.3. The van der Waals surface area contributed by atoms with Gasteiger partial charge in [-0.2, -0.15) is 0 Å². The molecule has 3 aliphatic heterocycles. The molecule has 3 heterocycles. The largest absolute Gasteiger partial charge is 0.456 e. The second kappa shape index (κ2) is 9.68. The Morgan fingerprint density at radius 2 is 1.85 bits per heavy atom. The maximum atomic E-state index is 13.4. The molecule has 186 valence electrons. The van der Waals surface area contributed by atoms with Gasteiger partial charge in [0.2, 0.25) is 5.91 Å². The van der Waals surface area contributed by atoms with E-state index in [0.717, 1.165) is 10.6 Å². The van der Waals surface area contributed by atoms with E-state index in [-0.39, 0.29) is 34.9 Å². The van der Waals surface area contributed by atoms with Crippen molar-refractivity contribution in [1.29, 1.82) is 0 Å². The second-order valence-electron chi connectivity index (χ2n) is 10.6. The zero-order valence-corrected chi connectivity index (χ0v) is 22.8. The number of esters is 1. The van der Waals surface area contributed by atoms with Gasteiger partial charge < -0.3 is 18.8 Å². The van der Waals surface area contributed by atoms with Crippen molar-refractivity contribution < 1.29 is 23.5 Å². The number of ether oxygens (including phenoxy) is 2. The predicted molar refractivity (Wildman–Crippen MR) is 135 cm³/mol. The molecule has 1 aromatic carbocycles. The minimum atomic E-state index is -2.04. The number of carbonyl (C=O) groups is 2. The Labute approximate surface area is 207 Å². The lowest BCUT2D eigenvalue weighted by molar-refractivity contribution is -0.158. The number of carbonyl (C=O) groups excluding carboxylic acids is 2. The summed E-state index contributed by atoms with van der Waals surface area (Å²) in [5.74, 6) is -0.793. The van der Waals surface area contributed by atoms with Gasteiger partial charge in [0.25, 0.3) is 0 Å². The predicted octanol–water partition coefficient (Wildman–Crippen LogP) is 4.17. The number of thioether (sulfide) groups is 1. The molecule has 0 bridgehead atoms. The van der Waals surface area contributed by atoms with Gasteiger partial charge in [-0.3, -0.25) is 9.69 Å². The number of hydrogen-bond donors (Lipinski definition) is 0. The van der Waals surface area contributed by atoms with E-state index in [4.69, 9.17) is 13.9 Å². The first-order valence-corrected chi connectivity index (χ1v) is 15.8. The highest BCUT2D eigenvalue weighted by Crippen LogP contribution is 2.52. The molecule has 2 saturated heterocycles. The first kappa shape index (κ1) is 25.3. The second-order valence-corrected chi connectivity index (χ2v) is 16.5. The fourth-order valence-corrected chi connectivity index (χ4v) is 7.32. The van der Waals surface area contributed by atoms with E-state index in [0.29, 0.717) is 32.0 Å². The van der Waals surface area contributed by atoms with Crippen molar-refractivity contribution in [3.05, 3.63) is 46.6 Å². The number of amides is 1. The van der Waals surface area contributed by atoms with Crippen molar-refractivity contribution in [3.8, 4) is 0 Å². The molecule has 3 aliphatic rings. The minimum Gasteiger partial charge on any atom is -0.456 e. The van der Waals surface area contributed by atoms with Crippen LogP contribution in [0.1, 0.15) is 33.3 Å². The van der Waals surface area contributed by atoms with Crippen LogP contribution >= 0.6 is 11.8 Å². The van der Waals surface area contributed by atoms with Gasteiger partial charge in [0.05, 0.1) is 25.2 Å². The van der Waals surface area contributed by atoms with E-state index in [9.17, 15) is 9.59 Å². The van der Waals surface area contributed by atoms with Gasteiger partial charge in [0.1, 0.15) is 17.0 Å². The SMILES string of the molecule is C[C@H](O[Si](C)(C)C(C)(C)C)[C@H]1C(=O)N2C(C(=O)OCc3ccccc3)=C(N3CCOCC3)S[C@H]12. The van der Waals surface area contributed by atoms with Gasteiger partial charge in [-0.15, -0.1) is 0 Å². The zero-order chi connectivity index (χ0) is 24.7. The van der Waals surface area contributed by atoms with Crippen LogP contribution in [-0.4, -0.2) is 67.8 Å². The molecule has 34 heavy (non-hydrogen) atoms. The molecule has 0 N–H and O–H groups in total. The van der Waals surface area contributed by atoms with E-state index in [2.05, 4.69) is 38.8 Å². The molecule has 4 rings (SSSR count). The van der Waals surface area contributed by atoms with E-state index in [1.807, 2.05) is 37.3 Å². The number of β-lactam (4-membered cyclic amide) rings is 1. The number of benzene rings is 1. The molecule has 0 unspecified atom stereocenters. The summed E-state index contributed by atoms with van der Waals surface area (Å²) >= 11 is 1.59. The summed E-state index contributed by atoms with van der Waals surface area (Å²) in [4.78, 5) is 30.5. The molecule has 7 nitrogen and oxygen atoms in total. The summed E-state index contributed by atoms with van der Waals surface area (Å²) in [6.45, 7) is 15.8. The van der Waals surface area contributed by atoms with Gasteiger partial charge in [-0.05, 0) is 30.6 Å². The molecule has 0 aliphatic carbocycles. The normalized spacial score (nSPS) is 24.1. The molecule has 2 fully saturated rings. The maximum Gasteiger partial charge on any atom is 0.358 e. The molecule has 0 saturated carbocycles. The van der Waals surface area contributed by atoms with Gasteiger partial charge in [-0.1, -0.05) is 62.9 Å². The van der Waals surface area contributed by atoms with Crippen LogP contribution < -0.4 is 0 Å². The summed E-state index contributed by atoms with van der Waals surface area (Å²) in [6.07, 6.45) is -0.215. The number of morpholine rings is 1. The monoisotopic (exact) mass is 504 g/mol. The smallest absolute Gasteiger partial charge is 0.358 e. The lowest BCUT2D eigenvalue weighted by atomic mass is 9.92. The number of nitrogens with zero attached hydrogens (tertiary/aromatic N) is 2. The van der Waals surface area contributed by atoms with Crippen LogP contribution in [-0.2, 0) is 30.1 Å². The Kier molecular flexibility index (Phi) is 7.20. The van der Waals surface area contributed by atoms with E-state index >= 15 is 0 Å². The summed E-state index contributed by atoms with van der Waals surface area (Å²) in [7, 11) is -2.04. The molecule has 0 aromatic heterocycles. The average molecular weight is 505 g/mol. The third-order valence-electron chi connectivity index (χ3n) is 7.26. The molecule has 3 atom stereocenters. The van der Waals surface area contributed by atoms with Crippen LogP contribution in [0.3, 0.4) is 0 Å². The molecular weight excluding hydrogens is 468 g/mol. The third kappa shape index (κ3) is 4.80. The van der Waals surface area contributed by atoms with Gasteiger partial charge in [-0.25, -0.2) is 4.79 Å². The van der Waals surface area contributed by atoms with E-state index in [1.165, 1.54) is 0 Å². The summed E-state index contributed by atoms with van der Waals surface area (Å²) < 4.78 is 17.8. The highest BCUT2D eigenvalue weighted by atomic mass is 32.2. The van der Waals surface area contributed by atoms with Crippen LogP contribution in [0.4, 0.5) is 0 Å². The Morgan fingerprint density at radius 3 is 2.47 bits per heavy atom. The molecule has 1 aromatic rings. The lowest BCUT2D eigenvalue weighted by Crippen LogP contribution is -2.62. The fraction of sp³-hybridized carbons (Fsp3) is 0.600. The van der Waals surface area contributed by atoms with Crippen LogP contribution in [0.25, 0.3) is 0 Å². The summed E-state index contributed by atoms with van der Waals surface area (Å²) in [6, 6.07) is 9.59. The standard InChI is InChI=1S/C25H36N2O5SSi/c1-17(32-34(5,6)25(2,3)4)19-21(28)27-20(24(29)31-16-18-10-8-7-9-11-18)23(33-22(19)27)26-12-14-30-15-13-26/h7-11,17,19,22H,12-16H2,1-6H3/t17-,19-,22+/m0/s1. The number of rotatable bonds is 7. The summed E-state index contributed by atoms with van der Waals surface area (Å²) in [5, 5.41) is 0.728. The summed E-state index contributed by atoms with van der Waals surface area (Å²) in [5.41, 5.74) is 1.28. The van der Waals surface area contributed by atoms with Crippen molar-refractivity contribution >= 4 is 32.0 Å². The van der Waals surface area contributed by atoms with Crippen LogP contribution in [0, 0.1) is 5.92 Å². The first-order valence-electron chi connectivity index (χ1n) is 12.0. The Bertz CT molecular complexity index is 956. The van der Waals surface area contributed by atoms with Crippen molar-refractivity contribution in [2.45, 2.75) is 63.9 Å².